The van der Waals surface area contributed by atoms with Gasteiger partial charge in [0.2, 0.25) is 5.91 Å². The molecule has 0 aromatic heterocycles. The van der Waals surface area contributed by atoms with Crippen molar-refractivity contribution in [3.05, 3.63) is 0 Å². The Hall–Kier alpha value is -0.650. The highest BCUT2D eigenvalue weighted by Crippen LogP contribution is 2.26. The summed E-state index contributed by atoms with van der Waals surface area (Å²) in [6, 6.07) is 1.30. The van der Waals surface area contributed by atoms with Crippen molar-refractivity contribution in [3.8, 4) is 0 Å². The maximum atomic E-state index is 11.6. The summed E-state index contributed by atoms with van der Waals surface area (Å²) in [6.07, 6.45) is 2.63. The molecule has 1 aliphatic carbocycles. The van der Waals surface area contributed by atoms with Crippen LogP contribution in [0.3, 0.4) is 0 Å². The summed E-state index contributed by atoms with van der Waals surface area (Å²) in [5.41, 5.74) is 0. The zero-order valence-electron chi connectivity index (χ0n) is 12.0. The Balaban J connectivity index is 2.07. The highest BCUT2D eigenvalue weighted by atomic mass is 16.5. The second kappa shape index (κ2) is 7.71. The Labute approximate surface area is 110 Å². The monoisotopic (exact) mass is 257 g/mol. The van der Waals surface area contributed by atoms with Crippen LogP contribution in [-0.4, -0.2) is 62.8 Å². The number of ether oxygens (including phenoxy) is 1. The van der Waals surface area contributed by atoms with Gasteiger partial charge in [-0.2, -0.15) is 0 Å². The van der Waals surface area contributed by atoms with Crippen LogP contribution in [0.15, 0.2) is 0 Å². The number of carbonyl (C=O) groups is 1. The third-order valence-corrected chi connectivity index (χ3v) is 3.37. The molecule has 0 aromatic rings. The molecule has 1 amide bonds. The van der Waals surface area contributed by atoms with E-state index in [0.29, 0.717) is 19.2 Å². The fourth-order valence-corrected chi connectivity index (χ4v) is 2.00. The lowest BCUT2D eigenvalue weighted by Crippen LogP contribution is -2.44. The number of hydrogen-bond acceptors (Lipinski definition) is 4. The first-order valence-corrected chi connectivity index (χ1v) is 6.75. The van der Waals surface area contributed by atoms with Crippen LogP contribution in [0, 0.1) is 0 Å². The Morgan fingerprint density at radius 1 is 1.44 bits per heavy atom. The van der Waals surface area contributed by atoms with E-state index in [4.69, 9.17) is 4.74 Å². The van der Waals surface area contributed by atoms with Crippen LogP contribution in [0.5, 0.6) is 0 Å². The number of hydrogen-bond donors (Lipinski definition) is 2. The molecule has 0 heterocycles. The van der Waals surface area contributed by atoms with E-state index in [1.165, 1.54) is 12.8 Å². The van der Waals surface area contributed by atoms with Crippen molar-refractivity contribution in [3.63, 3.8) is 0 Å². The van der Waals surface area contributed by atoms with Gasteiger partial charge in [-0.1, -0.05) is 0 Å². The standard InChI is InChI=1S/C13H27N3O2/c1-10(9-18-4)15-13(17)8-14-7-11(2)16(3)12-5-6-12/h10-12,14H,5-9H2,1-4H3,(H,15,17). The van der Waals surface area contributed by atoms with Gasteiger partial charge in [0.05, 0.1) is 13.2 Å². The Kier molecular flexibility index (Phi) is 6.60. The lowest BCUT2D eigenvalue weighted by Gasteiger charge is -2.24. The summed E-state index contributed by atoms with van der Waals surface area (Å²) < 4.78 is 4.97. The van der Waals surface area contributed by atoms with E-state index >= 15 is 0 Å². The molecule has 5 nitrogen and oxygen atoms in total. The van der Waals surface area contributed by atoms with Crippen LogP contribution in [0.4, 0.5) is 0 Å². The Morgan fingerprint density at radius 3 is 2.67 bits per heavy atom. The summed E-state index contributed by atoms with van der Waals surface area (Å²) in [5, 5.41) is 6.08. The lowest BCUT2D eigenvalue weighted by atomic mass is 10.3. The van der Waals surface area contributed by atoms with Gasteiger partial charge >= 0.3 is 0 Å². The van der Waals surface area contributed by atoms with Gasteiger partial charge in [-0.15, -0.1) is 0 Å². The minimum Gasteiger partial charge on any atom is -0.383 e. The number of methoxy groups -OCH3 is 1. The van der Waals surface area contributed by atoms with E-state index in [0.717, 1.165) is 12.6 Å². The predicted octanol–water partition coefficient (Wildman–Crippen LogP) is 0.210. The number of amides is 1. The summed E-state index contributed by atoms with van der Waals surface area (Å²) >= 11 is 0. The third kappa shape index (κ3) is 5.80. The fraction of sp³-hybridized carbons (Fsp3) is 0.923. The van der Waals surface area contributed by atoms with Crippen molar-refractivity contribution >= 4 is 5.91 Å². The number of nitrogens with one attached hydrogen (secondary N) is 2. The molecule has 1 rings (SSSR count). The molecule has 0 radical (unpaired) electrons. The van der Waals surface area contributed by atoms with E-state index in [1.54, 1.807) is 7.11 Å². The highest BCUT2D eigenvalue weighted by molar-refractivity contribution is 5.78. The van der Waals surface area contributed by atoms with Gasteiger partial charge < -0.3 is 15.4 Å². The highest BCUT2D eigenvalue weighted by Gasteiger charge is 2.28. The first-order valence-electron chi connectivity index (χ1n) is 6.75. The van der Waals surface area contributed by atoms with E-state index in [1.807, 2.05) is 6.92 Å². The van der Waals surface area contributed by atoms with Gasteiger partial charge in [-0.05, 0) is 33.7 Å². The van der Waals surface area contributed by atoms with Gasteiger partial charge in [0.1, 0.15) is 0 Å². The molecular weight excluding hydrogens is 230 g/mol. The molecule has 0 spiro atoms. The molecule has 2 atom stereocenters. The van der Waals surface area contributed by atoms with Gasteiger partial charge in [0.15, 0.2) is 0 Å². The molecule has 0 aromatic carbocycles. The summed E-state index contributed by atoms with van der Waals surface area (Å²) in [7, 11) is 3.79. The lowest BCUT2D eigenvalue weighted by molar-refractivity contribution is -0.121. The Morgan fingerprint density at radius 2 is 2.11 bits per heavy atom. The third-order valence-electron chi connectivity index (χ3n) is 3.37. The van der Waals surface area contributed by atoms with Crippen molar-refractivity contribution in [2.24, 2.45) is 0 Å². The van der Waals surface area contributed by atoms with Crippen LogP contribution < -0.4 is 10.6 Å². The van der Waals surface area contributed by atoms with Crippen LogP contribution >= 0.6 is 0 Å². The van der Waals surface area contributed by atoms with Crippen LogP contribution in [0.25, 0.3) is 0 Å². The smallest absolute Gasteiger partial charge is 0.234 e. The largest absolute Gasteiger partial charge is 0.383 e. The molecule has 0 saturated heterocycles. The van der Waals surface area contributed by atoms with E-state index in [-0.39, 0.29) is 11.9 Å². The Bertz CT molecular complexity index is 257. The molecule has 2 N–H and O–H groups in total. The number of carbonyl (C=O) groups excluding carboxylic acids is 1. The maximum Gasteiger partial charge on any atom is 0.234 e. The molecule has 0 aliphatic heterocycles. The van der Waals surface area contributed by atoms with Crippen molar-refractivity contribution < 1.29 is 9.53 Å². The van der Waals surface area contributed by atoms with Crippen LogP contribution in [-0.2, 0) is 9.53 Å². The van der Waals surface area contributed by atoms with Crippen molar-refractivity contribution in [1.82, 2.24) is 15.5 Å². The average molecular weight is 257 g/mol. The second-order valence-corrected chi connectivity index (χ2v) is 5.30. The van der Waals surface area contributed by atoms with E-state index < -0.39 is 0 Å². The molecule has 1 saturated carbocycles. The van der Waals surface area contributed by atoms with E-state index in [9.17, 15) is 4.79 Å². The van der Waals surface area contributed by atoms with E-state index in [2.05, 4.69) is 29.5 Å². The fourth-order valence-electron chi connectivity index (χ4n) is 2.00. The van der Waals surface area contributed by atoms with Crippen LogP contribution in [0.2, 0.25) is 0 Å². The quantitative estimate of drug-likeness (QED) is 0.620. The van der Waals surface area contributed by atoms with Crippen molar-refractivity contribution in [2.45, 2.75) is 44.8 Å². The average Bonchev–Trinajstić information content (AvgIpc) is 3.11. The zero-order chi connectivity index (χ0) is 13.5. The van der Waals surface area contributed by atoms with Gasteiger partial charge in [0, 0.05) is 31.8 Å². The molecule has 1 fully saturated rings. The minimum atomic E-state index is 0.0285. The summed E-state index contributed by atoms with van der Waals surface area (Å²) in [4.78, 5) is 14.0. The normalized spacial score (nSPS) is 18.7. The molecular formula is C13H27N3O2. The summed E-state index contributed by atoms with van der Waals surface area (Å²) in [5.74, 6) is 0.0285. The SMILES string of the molecule is COCC(C)NC(=O)CNCC(C)N(C)C1CC1. The van der Waals surface area contributed by atoms with Crippen molar-refractivity contribution in [1.29, 1.82) is 0 Å². The first kappa shape index (κ1) is 15.4. The van der Waals surface area contributed by atoms with Crippen molar-refractivity contribution in [2.75, 3.05) is 33.9 Å². The number of likely N-dealkylation sites (N-methyl/N-ethyl adjacent to an activating group) is 1. The predicted molar refractivity (Wildman–Crippen MR) is 72.6 cm³/mol. The van der Waals surface area contributed by atoms with Gasteiger partial charge in [-0.3, -0.25) is 9.69 Å². The molecule has 5 heteroatoms. The molecule has 1 aliphatic rings. The molecule has 2 unspecified atom stereocenters. The minimum absolute atomic E-state index is 0.0285. The molecule has 0 bridgehead atoms. The van der Waals surface area contributed by atoms with Crippen LogP contribution in [0.1, 0.15) is 26.7 Å². The summed E-state index contributed by atoms with van der Waals surface area (Å²) in [6.45, 7) is 5.89. The van der Waals surface area contributed by atoms with Gasteiger partial charge in [0.25, 0.3) is 0 Å². The van der Waals surface area contributed by atoms with Gasteiger partial charge in [-0.25, -0.2) is 0 Å². The topological polar surface area (TPSA) is 53.6 Å². The number of rotatable bonds is 9. The number of nitrogens with zero attached hydrogens (tertiary/aromatic N) is 1. The maximum absolute atomic E-state index is 11.6. The molecule has 106 valence electrons. The molecule has 18 heavy (non-hydrogen) atoms. The zero-order valence-corrected chi connectivity index (χ0v) is 12.0. The first-order chi connectivity index (χ1) is 8.54. The second-order valence-electron chi connectivity index (χ2n) is 5.30.